The van der Waals surface area contributed by atoms with Gasteiger partial charge < -0.3 is 10.2 Å². The van der Waals surface area contributed by atoms with Crippen molar-refractivity contribution in [3.05, 3.63) is 53.6 Å². The molecule has 1 N–H and O–H groups in total. The number of sulfone groups is 1. The van der Waals surface area contributed by atoms with Gasteiger partial charge in [-0.25, -0.2) is 8.42 Å². The highest BCUT2D eigenvalue weighted by atomic mass is 32.2. The third-order valence-corrected chi connectivity index (χ3v) is 4.98. The van der Waals surface area contributed by atoms with E-state index in [0.717, 1.165) is 23.1 Å². The van der Waals surface area contributed by atoms with Crippen LogP contribution >= 0.6 is 0 Å². The van der Waals surface area contributed by atoms with Gasteiger partial charge in [-0.15, -0.1) is 0 Å². The van der Waals surface area contributed by atoms with Gasteiger partial charge in [-0.2, -0.15) is 0 Å². The molecule has 5 nitrogen and oxygen atoms in total. The number of hydrogen-bond donors (Lipinski definition) is 1. The minimum Gasteiger partial charge on any atom is -0.362 e. The molecule has 1 amide bonds. The molecule has 0 saturated carbocycles. The lowest BCUT2D eigenvalue weighted by Crippen LogP contribution is -2.33. The monoisotopic (exact) mass is 360 g/mol. The number of carbonyl (C=O) groups excluding carboxylic acids is 1. The van der Waals surface area contributed by atoms with E-state index >= 15 is 0 Å². The Balaban J connectivity index is 2.07. The topological polar surface area (TPSA) is 66.5 Å². The molecule has 0 atom stereocenters. The average Bonchev–Trinajstić information content (AvgIpc) is 2.51. The van der Waals surface area contributed by atoms with E-state index in [1.54, 1.807) is 12.1 Å². The Hall–Kier alpha value is -2.34. The third kappa shape index (κ3) is 5.32. The predicted octanol–water partition coefficient (Wildman–Crippen LogP) is 3.17. The van der Waals surface area contributed by atoms with Crippen molar-refractivity contribution in [2.24, 2.45) is 0 Å². The molecule has 2 aromatic rings. The highest BCUT2D eigenvalue weighted by Gasteiger charge is 2.12. The SMILES string of the molecule is CCN(CC(=O)Nc1ccc(S(C)(=O)=O)cc1)c1cc(C)cc(C)c1. The molecule has 0 fully saturated rings. The molecule has 0 bridgehead atoms. The zero-order valence-corrected chi connectivity index (χ0v) is 15.9. The molecule has 0 aliphatic carbocycles. The lowest BCUT2D eigenvalue weighted by atomic mass is 10.1. The summed E-state index contributed by atoms with van der Waals surface area (Å²) in [5.74, 6) is -0.145. The Morgan fingerprint density at radius 1 is 1.04 bits per heavy atom. The molecule has 0 saturated heterocycles. The summed E-state index contributed by atoms with van der Waals surface area (Å²) in [5, 5.41) is 2.81. The van der Waals surface area contributed by atoms with E-state index in [1.807, 2.05) is 25.7 Å². The van der Waals surface area contributed by atoms with Crippen LogP contribution < -0.4 is 10.2 Å². The molecular formula is C19H24N2O3S. The molecule has 0 radical (unpaired) electrons. The minimum atomic E-state index is -3.24. The Bertz CT molecular complexity index is 838. The molecule has 0 aliphatic rings. The largest absolute Gasteiger partial charge is 0.362 e. The first-order valence-corrected chi connectivity index (χ1v) is 10.0. The number of aryl methyl sites for hydroxylation is 2. The van der Waals surface area contributed by atoms with Gasteiger partial charge in [0.25, 0.3) is 0 Å². The van der Waals surface area contributed by atoms with Crippen LogP contribution in [-0.2, 0) is 14.6 Å². The van der Waals surface area contributed by atoms with Crippen LogP contribution in [0.3, 0.4) is 0 Å². The van der Waals surface area contributed by atoms with Crippen LogP contribution in [0.5, 0.6) is 0 Å². The summed E-state index contributed by atoms with van der Waals surface area (Å²) < 4.78 is 22.9. The van der Waals surface area contributed by atoms with Crippen molar-refractivity contribution < 1.29 is 13.2 Å². The van der Waals surface area contributed by atoms with Crippen molar-refractivity contribution in [3.63, 3.8) is 0 Å². The van der Waals surface area contributed by atoms with E-state index in [1.165, 1.54) is 12.1 Å². The maximum absolute atomic E-state index is 12.3. The van der Waals surface area contributed by atoms with Crippen LogP contribution in [-0.4, -0.2) is 33.7 Å². The Morgan fingerprint density at radius 2 is 1.60 bits per heavy atom. The normalized spacial score (nSPS) is 11.2. The Kier molecular flexibility index (Phi) is 5.85. The van der Waals surface area contributed by atoms with E-state index in [2.05, 4.69) is 23.5 Å². The molecule has 2 aromatic carbocycles. The number of benzene rings is 2. The van der Waals surface area contributed by atoms with Crippen molar-refractivity contribution >= 4 is 27.1 Å². The summed E-state index contributed by atoms with van der Waals surface area (Å²) in [5.41, 5.74) is 3.91. The predicted molar refractivity (Wildman–Crippen MR) is 102 cm³/mol. The number of anilines is 2. The quantitative estimate of drug-likeness (QED) is 0.859. The van der Waals surface area contributed by atoms with E-state index in [4.69, 9.17) is 0 Å². The molecule has 134 valence electrons. The fraction of sp³-hybridized carbons (Fsp3) is 0.316. The zero-order valence-electron chi connectivity index (χ0n) is 15.0. The van der Waals surface area contributed by atoms with Crippen LogP contribution in [0.1, 0.15) is 18.1 Å². The lowest BCUT2D eigenvalue weighted by molar-refractivity contribution is -0.115. The van der Waals surface area contributed by atoms with Gasteiger partial charge in [0.2, 0.25) is 5.91 Å². The molecule has 0 unspecified atom stereocenters. The van der Waals surface area contributed by atoms with Crippen LogP contribution in [0.25, 0.3) is 0 Å². The minimum absolute atomic E-state index is 0.145. The van der Waals surface area contributed by atoms with Crippen LogP contribution in [0.15, 0.2) is 47.4 Å². The number of nitrogens with one attached hydrogen (secondary N) is 1. The second-order valence-electron chi connectivity index (χ2n) is 6.20. The number of likely N-dealkylation sites (N-methyl/N-ethyl adjacent to an activating group) is 1. The molecule has 2 rings (SSSR count). The molecule has 6 heteroatoms. The highest BCUT2D eigenvalue weighted by Crippen LogP contribution is 2.19. The van der Waals surface area contributed by atoms with Crippen molar-refractivity contribution in [1.29, 1.82) is 0 Å². The van der Waals surface area contributed by atoms with E-state index in [0.29, 0.717) is 12.2 Å². The first-order chi connectivity index (χ1) is 11.7. The van der Waals surface area contributed by atoms with Crippen molar-refractivity contribution in [3.8, 4) is 0 Å². The Morgan fingerprint density at radius 3 is 2.08 bits per heavy atom. The molecule has 0 spiro atoms. The second-order valence-corrected chi connectivity index (χ2v) is 8.22. The maximum atomic E-state index is 12.3. The van der Waals surface area contributed by atoms with Crippen LogP contribution in [0.2, 0.25) is 0 Å². The number of nitrogens with zero attached hydrogens (tertiary/aromatic N) is 1. The summed E-state index contributed by atoms with van der Waals surface area (Å²) >= 11 is 0. The van der Waals surface area contributed by atoms with Crippen molar-refractivity contribution in [2.45, 2.75) is 25.7 Å². The van der Waals surface area contributed by atoms with E-state index in [9.17, 15) is 13.2 Å². The summed E-state index contributed by atoms with van der Waals surface area (Å²) in [6.07, 6.45) is 1.16. The van der Waals surface area contributed by atoms with Gasteiger partial charge in [-0.1, -0.05) is 6.07 Å². The maximum Gasteiger partial charge on any atom is 0.243 e. The average molecular weight is 360 g/mol. The van der Waals surface area contributed by atoms with Crippen molar-refractivity contribution in [2.75, 3.05) is 29.6 Å². The fourth-order valence-electron chi connectivity index (χ4n) is 2.68. The lowest BCUT2D eigenvalue weighted by Gasteiger charge is -2.23. The summed E-state index contributed by atoms with van der Waals surface area (Å²) in [4.78, 5) is 14.6. The van der Waals surface area contributed by atoms with Crippen LogP contribution in [0, 0.1) is 13.8 Å². The van der Waals surface area contributed by atoms with Gasteiger partial charge in [0, 0.05) is 24.2 Å². The van der Waals surface area contributed by atoms with Crippen molar-refractivity contribution in [1.82, 2.24) is 0 Å². The molecule has 0 aliphatic heterocycles. The second kappa shape index (κ2) is 7.70. The fourth-order valence-corrected chi connectivity index (χ4v) is 3.31. The smallest absolute Gasteiger partial charge is 0.243 e. The number of carbonyl (C=O) groups is 1. The Labute approximate surface area is 149 Å². The van der Waals surface area contributed by atoms with Gasteiger partial charge in [0.05, 0.1) is 11.4 Å². The molecule has 0 aromatic heterocycles. The summed E-state index contributed by atoms with van der Waals surface area (Å²) in [7, 11) is -3.24. The van der Waals surface area contributed by atoms with E-state index < -0.39 is 9.84 Å². The van der Waals surface area contributed by atoms with E-state index in [-0.39, 0.29) is 17.3 Å². The van der Waals surface area contributed by atoms with Gasteiger partial charge in [-0.05, 0) is 68.3 Å². The number of rotatable bonds is 6. The first kappa shape index (κ1) is 19.0. The number of amides is 1. The standard InChI is InChI=1S/C19H24N2O3S/c1-5-21(17-11-14(2)10-15(3)12-17)13-19(22)20-16-6-8-18(9-7-16)25(4,23)24/h6-12H,5,13H2,1-4H3,(H,20,22). The summed E-state index contributed by atoms with van der Waals surface area (Å²) in [6, 6.07) is 12.4. The molecule has 0 heterocycles. The first-order valence-electron chi connectivity index (χ1n) is 8.12. The van der Waals surface area contributed by atoms with Gasteiger partial charge in [0.1, 0.15) is 0 Å². The van der Waals surface area contributed by atoms with Gasteiger partial charge >= 0.3 is 0 Å². The highest BCUT2D eigenvalue weighted by molar-refractivity contribution is 7.90. The van der Waals surface area contributed by atoms with Crippen LogP contribution in [0.4, 0.5) is 11.4 Å². The molecule has 25 heavy (non-hydrogen) atoms. The number of hydrogen-bond acceptors (Lipinski definition) is 4. The molecular weight excluding hydrogens is 336 g/mol. The third-order valence-electron chi connectivity index (χ3n) is 3.85. The zero-order chi connectivity index (χ0) is 18.6. The van der Waals surface area contributed by atoms with Gasteiger partial charge in [-0.3, -0.25) is 4.79 Å². The van der Waals surface area contributed by atoms with Gasteiger partial charge in [0.15, 0.2) is 9.84 Å². The summed E-state index contributed by atoms with van der Waals surface area (Å²) in [6.45, 7) is 7.02.